The van der Waals surface area contributed by atoms with Gasteiger partial charge in [-0.25, -0.2) is 17.2 Å². The molecular formula is C31H35F2N3O4S. The number of halogens is 2. The minimum Gasteiger partial charge on any atom is -0.352 e. The summed E-state index contributed by atoms with van der Waals surface area (Å²) in [5.74, 6) is -2.30. The molecule has 1 aliphatic rings. The first-order chi connectivity index (χ1) is 19.6. The lowest BCUT2D eigenvalue weighted by Crippen LogP contribution is -2.55. The molecular weight excluding hydrogens is 548 g/mol. The van der Waals surface area contributed by atoms with E-state index in [9.17, 15) is 26.8 Å². The van der Waals surface area contributed by atoms with E-state index >= 15 is 0 Å². The first-order valence-corrected chi connectivity index (χ1v) is 15.6. The summed E-state index contributed by atoms with van der Waals surface area (Å²) < 4.78 is 54.6. The van der Waals surface area contributed by atoms with Crippen LogP contribution in [0.1, 0.15) is 43.2 Å². The van der Waals surface area contributed by atoms with Crippen molar-refractivity contribution in [1.29, 1.82) is 0 Å². The number of nitrogens with one attached hydrogen (secondary N) is 1. The van der Waals surface area contributed by atoms with Crippen molar-refractivity contribution in [2.75, 3.05) is 17.1 Å². The molecule has 0 unspecified atom stereocenters. The van der Waals surface area contributed by atoms with Crippen LogP contribution in [0.5, 0.6) is 0 Å². The van der Waals surface area contributed by atoms with Gasteiger partial charge in [0.05, 0.1) is 11.9 Å². The molecule has 0 radical (unpaired) electrons. The van der Waals surface area contributed by atoms with Crippen molar-refractivity contribution in [3.05, 3.63) is 102 Å². The summed E-state index contributed by atoms with van der Waals surface area (Å²) in [7, 11) is -4.08. The van der Waals surface area contributed by atoms with E-state index in [0.29, 0.717) is 9.87 Å². The number of hydrogen-bond acceptors (Lipinski definition) is 4. The number of nitrogens with zero attached hydrogens (tertiary/aromatic N) is 2. The van der Waals surface area contributed by atoms with E-state index in [1.807, 2.05) is 30.3 Å². The summed E-state index contributed by atoms with van der Waals surface area (Å²) in [5, 5.41) is 3.11. The third-order valence-corrected chi connectivity index (χ3v) is 8.42. The van der Waals surface area contributed by atoms with Crippen molar-refractivity contribution in [2.45, 2.75) is 57.2 Å². The Morgan fingerprint density at radius 1 is 0.878 bits per heavy atom. The van der Waals surface area contributed by atoms with Crippen molar-refractivity contribution in [3.63, 3.8) is 0 Å². The van der Waals surface area contributed by atoms with Gasteiger partial charge in [0.25, 0.3) is 0 Å². The molecule has 0 aliphatic heterocycles. The number of hydrogen-bond donors (Lipinski definition) is 1. The van der Waals surface area contributed by atoms with Crippen LogP contribution >= 0.6 is 0 Å². The average molecular weight is 584 g/mol. The predicted molar refractivity (Wildman–Crippen MR) is 154 cm³/mol. The van der Waals surface area contributed by atoms with Crippen molar-refractivity contribution in [1.82, 2.24) is 10.2 Å². The Morgan fingerprint density at radius 2 is 1.51 bits per heavy atom. The zero-order valence-corrected chi connectivity index (χ0v) is 23.8. The van der Waals surface area contributed by atoms with Gasteiger partial charge in [0.15, 0.2) is 0 Å². The molecule has 3 aromatic carbocycles. The zero-order chi connectivity index (χ0) is 29.4. The van der Waals surface area contributed by atoms with E-state index in [2.05, 4.69) is 5.32 Å². The molecule has 0 spiro atoms. The van der Waals surface area contributed by atoms with Gasteiger partial charge in [0.2, 0.25) is 21.8 Å². The molecule has 0 aromatic heterocycles. The first-order valence-electron chi connectivity index (χ1n) is 13.7. The van der Waals surface area contributed by atoms with Crippen LogP contribution in [0, 0.1) is 11.6 Å². The number of sulfonamides is 1. The van der Waals surface area contributed by atoms with Crippen LogP contribution < -0.4 is 9.62 Å². The molecule has 2 amide bonds. The van der Waals surface area contributed by atoms with Gasteiger partial charge in [-0.15, -0.1) is 0 Å². The van der Waals surface area contributed by atoms with Gasteiger partial charge in [0.1, 0.15) is 24.2 Å². The molecule has 7 nitrogen and oxygen atoms in total. The Hall–Kier alpha value is -3.79. The normalized spacial score (nSPS) is 14.7. The Morgan fingerprint density at radius 3 is 2.15 bits per heavy atom. The summed E-state index contributed by atoms with van der Waals surface area (Å²) in [5.41, 5.74) is 1.10. The number of anilines is 1. The molecule has 218 valence electrons. The predicted octanol–water partition coefficient (Wildman–Crippen LogP) is 4.82. The highest BCUT2D eigenvalue weighted by Gasteiger charge is 2.34. The SMILES string of the molecule is CS(=O)(=O)N(CC(=O)N(Cc1ccc(F)cc1)[C@@H](Cc1ccccc1)C(=O)NC1CCCCC1)c1ccccc1F. The fourth-order valence-electron chi connectivity index (χ4n) is 5.13. The molecule has 0 heterocycles. The molecule has 3 aromatic rings. The van der Waals surface area contributed by atoms with E-state index in [-0.39, 0.29) is 30.6 Å². The van der Waals surface area contributed by atoms with Gasteiger partial charge in [-0.2, -0.15) is 0 Å². The summed E-state index contributed by atoms with van der Waals surface area (Å²) in [6.07, 6.45) is 5.85. The summed E-state index contributed by atoms with van der Waals surface area (Å²) in [6.45, 7) is -0.799. The fourth-order valence-corrected chi connectivity index (χ4v) is 5.98. The Bertz CT molecular complexity index is 1430. The maximum Gasteiger partial charge on any atom is 0.244 e. The van der Waals surface area contributed by atoms with Crippen LogP contribution in [0.2, 0.25) is 0 Å². The van der Waals surface area contributed by atoms with Gasteiger partial charge in [-0.05, 0) is 48.2 Å². The maximum atomic E-state index is 14.7. The van der Waals surface area contributed by atoms with Crippen LogP contribution in [-0.2, 0) is 32.6 Å². The summed E-state index contributed by atoms with van der Waals surface area (Å²) in [6, 6.07) is 19.0. The average Bonchev–Trinajstić information content (AvgIpc) is 2.95. The quantitative estimate of drug-likeness (QED) is 0.351. The van der Waals surface area contributed by atoms with Crippen LogP contribution in [0.25, 0.3) is 0 Å². The van der Waals surface area contributed by atoms with Gasteiger partial charge >= 0.3 is 0 Å². The lowest BCUT2D eigenvalue weighted by atomic mass is 9.94. The molecule has 10 heteroatoms. The van der Waals surface area contributed by atoms with Crippen LogP contribution in [-0.4, -0.2) is 50.0 Å². The van der Waals surface area contributed by atoms with E-state index in [1.165, 1.54) is 47.4 Å². The minimum atomic E-state index is -4.08. The monoisotopic (exact) mass is 583 g/mol. The highest BCUT2D eigenvalue weighted by molar-refractivity contribution is 7.92. The van der Waals surface area contributed by atoms with E-state index in [0.717, 1.165) is 50.0 Å². The van der Waals surface area contributed by atoms with Gasteiger partial charge in [0, 0.05) is 19.0 Å². The zero-order valence-electron chi connectivity index (χ0n) is 23.0. The molecule has 1 N–H and O–H groups in total. The smallest absolute Gasteiger partial charge is 0.244 e. The van der Waals surface area contributed by atoms with E-state index < -0.39 is 40.2 Å². The second kappa shape index (κ2) is 13.7. The molecule has 4 rings (SSSR count). The number of para-hydroxylation sites is 1. The largest absolute Gasteiger partial charge is 0.352 e. The standard InChI is InChI=1S/C31H35F2N3O4S/c1-41(39,40)36(28-15-9-8-14-27(28)33)22-30(37)35(21-24-16-18-25(32)19-17-24)29(20-23-10-4-2-5-11-23)31(38)34-26-12-6-3-7-13-26/h2,4-5,8-11,14-19,26,29H,3,6-7,12-13,20-22H2,1H3,(H,34,38)/t29-/m0/s1. The summed E-state index contributed by atoms with van der Waals surface area (Å²) in [4.78, 5) is 29.2. The lowest BCUT2D eigenvalue weighted by molar-refractivity contribution is -0.140. The van der Waals surface area contributed by atoms with Crippen LogP contribution in [0.4, 0.5) is 14.5 Å². The third kappa shape index (κ3) is 8.36. The molecule has 1 aliphatic carbocycles. The second-order valence-corrected chi connectivity index (χ2v) is 12.3. The highest BCUT2D eigenvalue weighted by Crippen LogP contribution is 2.24. The van der Waals surface area contributed by atoms with Gasteiger partial charge < -0.3 is 10.2 Å². The third-order valence-electron chi connectivity index (χ3n) is 7.29. The first kappa shape index (κ1) is 30.2. The van der Waals surface area contributed by atoms with Crippen molar-refractivity contribution in [2.24, 2.45) is 0 Å². The molecule has 0 bridgehead atoms. The number of carbonyl (C=O) groups is 2. The highest BCUT2D eigenvalue weighted by atomic mass is 32.2. The summed E-state index contributed by atoms with van der Waals surface area (Å²) >= 11 is 0. The molecule has 1 saturated carbocycles. The fraction of sp³-hybridized carbons (Fsp3) is 0.355. The number of amides is 2. The van der Waals surface area contributed by atoms with Gasteiger partial charge in [-0.1, -0.05) is 73.9 Å². The minimum absolute atomic E-state index is 0.0248. The number of rotatable bonds is 11. The second-order valence-electron chi connectivity index (χ2n) is 10.4. The van der Waals surface area contributed by atoms with Crippen LogP contribution in [0.15, 0.2) is 78.9 Å². The van der Waals surface area contributed by atoms with Crippen molar-refractivity contribution < 1.29 is 26.8 Å². The molecule has 41 heavy (non-hydrogen) atoms. The Balaban J connectivity index is 1.72. The Kier molecular flexibility index (Phi) is 10.1. The number of benzene rings is 3. The lowest BCUT2D eigenvalue weighted by Gasteiger charge is -2.35. The molecule has 1 atom stereocenters. The van der Waals surface area contributed by atoms with E-state index in [1.54, 1.807) is 0 Å². The van der Waals surface area contributed by atoms with Gasteiger partial charge in [-0.3, -0.25) is 13.9 Å². The molecule has 1 fully saturated rings. The maximum absolute atomic E-state index is 14.7. The van der Waals surface area contributed by atoms with Crippen molar-refractivity contribution >= 4 is 27.5 Å². The van der Waals surface area contributed by atoms with Crippen LogP contribution in [0.3, 0.4) is 0 Å². The molecule has 0 saturated heterocycles. The van der Waals surface area contributed by atoms with Crippen molar-refractivity contribution in [3.8, 4) is 0 Å². The topological polar surface area (TPSA) is 86.8 Å². The Labute approximate surface area is 240 Å². The number of carbonyl (C=O) groups excluding carboxylic acids is 2. The van der Waals surface area contributed by atoms with E-state index in [4.69, 9.17) is 0 Å².